The van der Waals surface area contributed by atoms with Crippen molar-refractivity contribution in [3.05, 3.63) is 59.1 Å². The van der Waals surface area contributed by atoms with Crippen molar-refractivity contribution in [1.82, 2.24) is 5.32 Å². The van der Waals surface area contributed by atoms with Gasteiger partial charge in [0.1, 0.15) is 11.5 Å². The molecular formula is C20H24ClNO3. The number of carbonyl (C=O) groups excluding carboxylic acids is 1. The predicted molar refractivity (Wildman–Crippen MR) is 100 cm³/mol. The molecule has 0 fully saturated rings. The lowest BCUT2D eigenvalue weighted by atomic mass is 10.0. The molecule has 0 aliphatic rings. The van der Waals surface area contributed by atoms with Crippen LogP contribution in [0, 0.1) is 0 Å². The van der Waals surface area contributed by atoms with Crippen LogP contribution in [0.5, 0.6) is 11.5 Å². The van der Waals surface area contributed by atoms with Crippen LogP contribution < -0.4 is 14.8 Å². The summed E-state index contributed by atoms with van der Waals surface area (Å²) in [5.41, 5.74) is -0.0406. The van der Waals surface area contributed by atoms with Gasteiger partial charge >= 0.3 is 0 Å². The van der Waals surface area contributed by atoms with Crippen molar-refractivity contribution >= 4 is 17.5 Å². The summed E-state index contributed by atoms with van der Waals surface area (Å²) in [5, 5.41) is 3.61. The Labute approximate surface area is 154 Å². The molecule has 1 N–H and O–H groups in total. The van der Waals surface area contributed by atoms with Crippen LogP contribution in [-0.2, 0) is 4.79 Å². The average Bonchev–Trinajstić information content (AvgIpc) is 2.57. The maximum absolute atomic E-state index is 12.6. The van der Waals surface area contributed by atoms with Crippen LogP contribution in [-0.4, -0.2) is 18.1 Å². The Hall–Kier alpha value is -2.20. The van der Waals surface area contributed by atoms with Gasteiger partial charge in [-0.3, -0.25) is 4.79 Å². The van der Waals surface area contributed by atoms with Crippen LogP contribution in [0.3, 0.4) is 0 Å². The van der Waals surface area contributed by atoms with E-state index in [0.717, 1.165) is 11.3 Å². The third kappa shape index (κ3) is 5.40. The highest BCUT2D eigenvalue weighted by Crippen LogP contribution is 2.23. The van der Waals surface area contributed by atoms with E-state index in [4.69, 9.17) is 21.1 Å². The largest absolute Gasteiger partial charge is 0.494 e. The summed E-state index contributed by atoms with van der Waals surface area (Å²) in [6.45, 7) is 7.95. The lowest BCUT2D eigenvalue weighted by Gasteiger charge is -2.27. The van der Waals surface area contributed by atoms with Crippen LogP contribution in [0.2, 0.25) is 5.02 Å². The van der Waals surface area contributed by atoms with Crippen molar-refractivity contribution < 1.29 is 14.3 Å². The summed E-state index contributed by atoms with van der Waals surface area (Å²) in [6.07, 6.45) is 0. The molecule has 2 aromatic rings. The molecule has 134 valence electrons. The molecule has 1 unspecified atom stereocenters. The molecular weight excluding hydrogens is 338 g/mol. The second-order valence-corrected chi connectivity index (χ2v) is 6.70. The van der Waals surface area contributed by atoms with Gasteiger partial charge in [-0.2, -0.15) is 0 Å². The SMILES string of the molecule is CCOc1cccc(C(C)NC(=O)C(C)(C)Oc2ccc(Cl)cc2)c1. The summed E-state index contributed by atoms with van der Waals surface area (Å²) in [6, 6.07) is 14.5. The topological polar surface area (TPSA) is 47.6 Å². The van der Waals surface area contributed by atoms with Gasteiger partial charge in [0.05, 0.1) is 12.6 Å². The zero-order valence-corrected chi connectivity index (χ0v) is 15.8. The summed E-state index contributed by atoms with van der Waals surface area (Å²) < 4.78 is 11.3. The molecule has 0 saturated heterocycles. The van der Waals surface area contributed by atoms with E-state index in [0.29, 0.717) is 17.4 Å². The number of hydrogen-bond acceptors (Lipinski definition) is 3. The molecule has 0 bridgehead atoms. The molecule has 0 heterocycles. The van der Waals surface area contributed by atoms with E-state index in [9.17, 15) is 4.79 Å². The quantitative estimate of drug-likeness (QED) is 0.772. The molecule has 1 amide bonds. The average molecular weight is 362 g/mol. The second kappa shape index (κ2) is 8.26. The van der Waals surface area contributed by atoms with Gasteiger partial charge in [-0.15, -0.1) is 0 Å². The van der Waals surface area contributed by atoms with Crippen LogP contribution in [0.4, 0.5) is 0 Å². The zero-order valence-electron chi connectivity index (χ0n) is 15.0. The Kier molecular flexibility index (Phi) is 6.32. The van der Waals surface area contributed by atoms with Gasteiger partial charge in [-0.25, -0.2) is 0 Å². The normalized spacial score (nSPS) is 12.4. The first-order valence-corrected chi connectivity index (χ1v) is 8.68. The number of halogens is 1. The Morgan fingerprint density at radius 2 is 1.84 bits per heavy atom. The van der Waals surface area contributed by atoms with Gasteiger partial charge in [-0.05, 0) is 69.7 Å². The van der Waals surface area contributed by atoms with Crippen molar-refractivity contribution in [1.29, 1.82) is 0 Å². The van der Waals surface area contributed by atoms with Gasteiger partial charge in [0.25, 0.3) is 5.91 Å². The van der Waals surface area contributed by atoms with Crippen LogP contribution in [0.15, 0.2) is 48.5 Å². The van der Waals surface area contributed by atoms with Crippen LogP contribution >= 0.6 is 11.6 Å². The summed E-state index contributed by atoms with van der Waals surface area (Å²) in [5.74, 6) is 1.19. The minimum absolute atomic E-state index is 0.166. The highest BCUT2D eigenvalue weighted by Gasteiger charge is 2.31. The van der Waals surface area contributed by atoms with Crippen molar-refractivity contribution in [2.75, 3.05) is 6.61 Å². The summed E-state index contributed by atoms with van der Waals surface area (Å²) in [4.78, 5) is 12.6. The molecule has 5 heteroatoms. The molecule has 1 atom stereocenters. The highest BCUT2D eigenvalue weighted by atomic mass is 35.5. The zero-order chi connectivity index (χ0) is 18.4. The molecule has 0 radical (unpaired) electrons. The first kappa shape index (κ1) is 19.1. The van der Waals surface area contributed by atoms with Crippen molar-refractivity contribution in [3.8, 4) is 11.5 Å². The summed E-state index contributed by atoms with van der Waals surface area (Å²) in [7, 11) is 0. The van der Waals surface area contributed by atoms with E-state index < -0.39 is 5.60 Å². The smallest absolute Gasteiger partial charge is 0.264 e. The number of ether oxygens (including phenoxy) is 2. The standard InChI is InChI=1S/C20H24ClNO3/c1-5-24-18-8-6-7-15(13-18)14(2)22-19(23)20(3,4)25-17-11-9-16(21)10-12-17/h6-14H,5H2,1-4H3,(H,22,23). The monoisotopic (exact) mass is 361 g/mol. The van der Waals surface area contributed by atoms with Gasteiger partial charge < -0.3 is 14.8 Å². The first-order chi connectivity index (χ1) is 11.8. The van der Waals surface area contributed by atoms with E-state index in [2.05, 4.69) is 5.32 Å². The van der Waals surface area contributed by atoms with E-state index in [1.165, 1.54) is 0 Å². The van der Waals surface area contributed by atoms with E-state index in [-0.39, 0.29) is 11.9 Å². The first-order valence-electron chi connectivity index (χ1n) is 8.30. The Morgan fingerprint density at radius 1 is 1.16 bits per heavy atom. The lowest BCUT2D eigenvalue weighted by molar-refractivity contribution is -0.134. The molecule has 0 aliphatic carbocycles. The minimum atomic E-state index is -1.01. The fourth-order valence-electron chi connectivity index (χ4n) is 2.34. The third-order valence-corrected chi connectivity index (χ3v) is 4.00. The minimum Gasteiger partial charge on any atom is -0.494 e. The number of benzene rings is 2. The second-order valence-electron chi connectivity index (χ2n) is 6.27. The molecule has 25 heavy (non-hydrogen) atoms. The Morgan fingerprint density at radius 3 is 2.48 bits per heavy atom. The third-order valence-electron chi connectivity index (χ3n) is 3.75. The summed E-state index contributed by atoms with van der Waals surface area (Å²) >= 11 is 5.87. The van der Waals surface area contributed by atoms with Crippen molar-refractivity contribution in [2.24, 2.45) is 0 Å². The number of rotatable bonds is 7. The molecule has 2 rings (SSSR count). The molecule has 0 spiro atoms. The van der Waals surface area contributed by atoms with Crippen molar-refractivity contribution in [3.63, 3.8) is 0 Å². The molecule has 0 aromatic heterocycles. The molecule has 4 nitrogen and oxygen atoms in total. The van der Waals surface area contributed by atoms with Gasteiger partial charge in [-0.1, -0.05) is 23.7 Å². The fourth-order valence-corrected chi connectivity index (χ4v) is 2.46. The highest BCUT2D eigenvalue weighted by molar-refractivity contribution is 6.30. The predicted octanol–water partition coefficient (Wildman–Crippen LogP) is 4.77. The van der Waals surface area contributed by atoms with Crippen molar-refractivity contribution in [2.45, 2.75) is 39.3 Å². The Bertz CT molecular complexity index is 713. The Balaban J connectivity index is 2.03. The van der Waals surface area contributed by atoms with E-state index >= 15 is 0 Å². The van der Waals surface area contributed by atoms with Gasteiger partial charge in [0.2, 0.25) is 0 Å². The molecule has 0 saturated carbocycles. The number of nitrogens with one attached hydrogen (secondary N) is 1. The molecule has 0 aliphatic heterocycles. The number of carbonyl (C=O) groups is 1. The number of hydrogen-bond donors (Lipinski definition) is 1. The van der Waals surface area contributed by atoms with Crippen LogP contribution in [0.25, 0.3) is 0 Å². The van der Waals surface area contributed by atoms with Gasteiger partial charge in [0, 0.05) is 5.02 Å². The van der Waals surface area contributed by atoms with Gasteiger partial charge in [0.15, 0.2) is 5.60 Å². The number of amides is 1. The maximum Gasteiger partial charge on any atom is 0.264 e. The maximum atomic E-state index is 12.6. The lowest BCUT2D eigenvalue weighted by Crippen LogP contribution is -2.47. The van der Waals surface area contributed by atoms with E-state index in [1.807, 2.05) is 38.1 Å². The molecule has 2 aromatic carbocycles. The van der Waals surface area contributed by atoms with E-state index in [1.54, 1.807) is 38.1 Å². The van der Waals surface area contributed by atoms with Crippen LogP contribution in [0.1, 0.15) is 39.3 Å². The fraction of sp³-hybridized carbons (Fsp3) is 0.350.